The van der Waals surface area contributed by atoms with Crippen LogP contribution in [0.15, 0.2) is 0 Å². The number of hydrogen-bond acceptors (Lipinski definition) is 0. The SMILES string of the molecule is C[NH+]1[C@@H]2CC#C[C@H]1CC2.[Cl-]. The Kier molecular flexibility index (Phi) is 2.23. The van der Waals surface area contributed by atoms with Crippen molar-refractivity contribution in [2.24, 2.45) is 0 Å². The van der Waals surface area contributed by atoms with Crippen molar-refractivity contribution >= 4 is 0 Å². The van der Waals surface area contributed by atoms with Gasteiger partial charge in [-0.05, 0) is 5.92 Å². The monoisotopic (exact) mass is 157 g/mol. The van der Waals surface area contributed by atoms with Crippen LogP contribution in [-0.4, -0.2) is 19.1 Å². The summed E-state index contributed by atoms with van der Waals surface area (Å²) in [5.74, 6) is 6.48. The Morgan fingerprint density at radius 1 is 1.40 bits per heavy atom. The van der Waals surface area contributed by atoms with E-state index >= 15 is 0 Å². The molecular weight excluding hydrogens is 146 g/mol. The normalized spacial score (nSPS) is 41.5. The second-order valence-corrected chi connectivity index (χ2v) is 3.10. The Morgan fingerprint density at radius 3 is 2.80 bits per heavy atom. The second-order valence-electron chi connectivity index (χ2n) is 3.10. The van der Waals surface area contributed by atoms with E-state index in [0.717, 1.165) is 12.5 Å². The molecule has 10 heavy (non-hydrogen) atoms. The van der Waals surface area contributed by atoms with Crippen LogP contribution in [0.3, 0.4) is 0 Å². The zero-order valence-corrected chi connectivity index (χ0v) is 6.91. The van der Waals surface area contributed by atoms with Crippen molar-refractivity contribution in [2.75, 3.05) is 7.05 Å². The van der Waals surface area contributed by atoms with Crippen molar-refractivity contribution in [3.05, 3.63) is 0 Å². The van der Waals surface area contributed by atoms with Gasteiger partial charge in [0.1, 0.15) is 6.04 Å². The Labute approximate surface area is 68.2 Å². The van der Waals surface area contributed by atoms with Crippen LogP contribution in [0.25, 0.3) is 0 Å². The molecule has 1 N–H and O–H groups in total. The fourth-order valence-electron chi connectivity index (χ4n) is 1.86. The molecule has 1 nitrogen and oxygen atoms in total. The molecule has 0 saturated carbocycles. The van der Waals surface area contributed by atoms with E-state index in [4.69, 9.17) is 0 Å². The van der Waals surface area contributed by atoms with Crippen LogP contribution in [0.2, 0.25) is 0 Å². The zero-order chi connectivity index (χ0) is 6.27. The quantitative estimate of drug-likeness (QED) is 0.348. The number of quaternary nitrogens is 1. The summed E-state index contributed by atoms with van der Waals surface area (Å²) in [5.41, 5.74) is 0. The van der Waals surface area contributed by atoms with Crippen molar-refractivity contribution in [3.8, 4) is 11.8 Å². The van der Waals surface area contributed by atoms with Gasteiger partial charge in [0.15, 0.2) is 0 Å². The predicted molar refractivity (Wildman–Crippen MR) is 36.1 cm³/mol. The molecule has 2 heterocycles. The molecule has 2 bridgehead atoms. The van der Waals surface area contributed by atoms with Crippen molar-refractivity contribution in [1.29, 1.82) is 0 Å². The van der Waals surface area contributed by atoms with Crippen LogP contribution in [0, 0.1) is 11.8 Å². The highest BCUT2D eigenvalue weighted by Crippen LogP contribution is 2.11. The number of nitrogens with one attached hydrogen (secondary N) is 1. The van der Waals surface area contributed by atoms with Crippen LogP contribution < -0.4 is 17.3 Å². The third kappa shape index (κ3) is 1.02. The summed E-state index contributed by atoms with van der Waals surface area (Å²) in [5, 5.41) is 0. The Balaban J connectivity index is 0.000000500. The van der Waals surface area contributed by atoms with Gasteiger partial charge >= 0.3 is 0 Å². The summed E-state index contributed by atoms with van der Waals surface area (Å²) >= 11 is 0. The summed E-state index contributed by atoms with van der Waals surface area (Å²) in [7, 11) is 2.27. The third-order valence-electron chi connectivity index (χ3n) is 2.62. The van der Waals surface area contributed by atoms with Crippen LogP contribution in [0.5, 0.6) is 0 Å². The molecule has 0 aromatic carbocycles. The van der Waals surface area contributed by atoms with E-state index in [1.54, 1.807) is 4.90 Å². The minimum atomic E-state index is 0. The minimum Gasteiger partial charge on any atom is -1.00 e. The maximum absolute atomic E-state index is 3.27. The van der Waals surface area contributed by atoms with E-state index in [1.807, 2.05) is 0 Å². The standard InChI is InChI=1S/C8H11N.ClH/c1-9-7-3-2-4-8(9)6-5-7;/h7-8H,3,5-6H2,1H3;1H/t7-,8+;/m1./s1. The van der Waals surface area contributed by atoms with Gasteiger partial charge in [0, 0.05) is 12.8 Å². The first-order chi connectivity index (χ1) is 4.38. The lowest BCUT2D eigenvalue weighted by molar-refractivity contribution is -0.909. The first-order valence-corrected chi connectivity index (χ1v) is 3.69. The number of fused-ring (bicyclic) bond motifs is 2. The topological polar surface area (TPSA) is 4.44 Å². The summed E-state index contributed by atoms with van der Waals surface area (Å²) in [6.45, 7) is 0. The van der Waals surface area contributed by atoms with Crippen molar-refractivity contribution in [2.45, 2.75) is 31.3 Å². The average molecular weight is 158 g/mol. The van der Waals surface area contributed by atoms with Gasteiger partial charge < -0.3 is 17.3 Å². The van der Waals surface area contributed by atoms with Gasteiger partial charge in [-0.15, -0.1) is 0 Å². The van der Waals surface area contributed by atoms with Gasteiger partial charge in [-0.2, -0.15) is 0 Å². The van der Waals surface area contributed by atoms with E-state index in [1.165, 1.54) is 12.8 Å². The van der Waals surface area contributed by atoms with E-state index in [0.29, 0.717) is 6.04 Å². The lowest BCUT2D eigenvalue weighted by Crippen LogP contribution is -3.14. The molecule has 0 spiro atoms. The van der Waals surface area contributed by atoms with Crippen molar-refractivity contribution in [3.63, 3.8) is 0 Å². The molecule has 3 atom stereocenters. The Bertz CT molecular complexity index is 179. The Hall–Kier alpha value is -0.190. The van der Waals surface area contributed by atoms with Gasteiger partial charge in [0.05, 0.1) is 19.5 Å². The molecule has 1 fully saturated rings. The van der Waals surface area contributed by atoms with Gasteiger partial charge in [-0.1, -0.05) is 5.92 Å². The molecule has 2 rings (SSSR count). The molecule has 0 aliphatic carbocycles. The smallest absolute Gasteiger partial charge is 0.149 e. The molecule has 2 aliphatic rings. The molecule has 0 aromatic rings. The number of hydrogen-bond donors (Lipinski definition) is 1. The molecule has 56 valence electrons. The van der Waals surface area contributed by atoms with Crippen LogP contribution in [0.4, 0.5) is 0 Å². The Morgan fingerprint density at radius 2 is 2.20 bits per heavy atom. The molecule has 1 unspecified atom stereocenters. The van der Waals surface area contributed by atoms with E-state index in [2.05, 4.69) is 18.9 Å². The highest BCUT2D eigenvalue weighted by molar-refractivity contribution is 5.11. The van der Waals surface area contributed by atoms with E-state index < -0.39 is 0 Å². The largest absolute Gasteiger partial charge is 1.00 e. The maximum Gasteiger partial charge on any atom is 0.149 e. The van der Waals surface area contributed by atoms with E-state index in [9.17, 15) is 0 Å². The van der Waals surface area contributed by atoms with Crippen LogP contribution >= 0.6 is 0 Å². The molecule has 1 saturated heterocycles. The average Bonchev–Trinajstić information content (AvgIpc) is 2.19. The fourth-order valence-corrected chi connectivity index (χ4v) is 1.86. The molecular formula is C8H12ClN. The summed E-state index contributed by atoms with van der Waals surface area (Å²) in [4.78, 5) is 1.66. The van der Waals surface area contributed by atoms with Crippen LogP contribution in [0.1, 0.15) is 19.3 Å². The lowest BCUT2D eigenvalue weighted by atomic mass is 10.2. The summed E-state index contributed by atoms with van der Waals surface area (Å²) < 4.78 is 0. The van der Waals surface area contributed by atoms with Gasteiger partial charge in [0.2, 0.25) is 0 Å². The fraction of sp³-hybridized carbons (Fsp3) is 0.750. The van der Waals surface area contributed by atoms with Crippen LogP contribution in [-0.2, 0) is 0 Å². The first kappa shape index (κ1) is 7.91. The van der Waals surface area contributed by atoms with Gasteiger partial charge in [-0.3, -0.25) is 0 Å². The van der Waals surface area contributed by atoms with Crippen molar-refractivity contribution < 1.29 is 17.3 Å². The molecule has 0 radical (unpaired) electrons. The van der Waals surface area contributed by atoms with Crippen molar-refractivity contribution in [1.82, 2.24) is 0 Å². The summed E-state index contributed by atoms with van der Waals surface area (Å²) in [6.07, 6.45) is 3.86. The predicted octanol–water partition coefficient (Wildman–Crippen LogP) is -3.56. The summed E-state index contributed by atoms with van der Waals surface area (Å²) in [6, 6.07) is 1.56. The van der Waals surface area contributed by atoms with Gasteiger partial charge in [0.25, 0.3) is 0 Å². The number of rotatable bonds is 0. The third-order valence-corrected chi connectivity index (χ3v) is 2.62. The lowest BCUT2D eigenvalue weighted by Gasteiger charge is -2.20. The highest BCUT2D eigenvalue weighted by atomic mass is 35.5. The van der Waals surface area contributed by atoms with E-state index in [-0.39, 0.29) is 12.4 Å². The molecule has 2 heteroatoms. The minimum absolute atomic E-state index is 0. The number of halogens is 1. The zero-order valence-electron chi connectivity index (χ0n) is 6.15. The maximum atomic E-state index is 3.27. The highest BCUT2D eigenvalue weighted by Gasteiger charge is 2.34. The van der Waals surface area contributed by atoms with Gasteiger partial charge in [-0.25, -0.2) is 0 Å². The molecule has 0 amide bonds. The first-order valence-electron chi connectivity index (χ1n) is 3.69. The molecule has 2 aliphatic heterocycles. The molecule has 0 aromatic heterocycles. The second kappa shape index (κ2) is 2.82.